The second-order valence-electron chi connectivity index (χ2n) is 6.87. The second kappa shape index (κ2) is 22.8. The van der Waals surface area contributed by atoms with Crippen LogP contribution in [0.15, 0.2) is 0 Å². The van der Waals surface area contributed by atoms with Crippen molar-refractivity contribution in [1.29, 1.82) is 0 Å². The average Bonchev–Trinajstić information content (AvgIpc) is 2.64. The fourth-order valence-corrected chi connectivity index (χ4v) is 2.46. The SMILES string of the molecule is CCCCCCOCCOCCN(C)CCOCCOCCCCCC. The van der Waals surface area contributed by atoms with Gasteiger partial charge in [0.05, 0.1) is 39.6 Å². The van der Waals surface area contributed by atoms with Crippen LogP contribution < -0.4 is 0 Å². The molecule has 0 bridgehead atoms. The van der Waals surface area contributed by atoms with Gasteiger partial charge in [0.25, 0.3) is 0 Å². The molecular formula is C21H45NO4. The Morgan fingerprint density at radius 2 is 0.846 bits per heavy atom. The van der Waals surface area contributed by atoms with Crippen molar-refractivity contribution in [2.24, 2.45) is 0 Å². The lowest BCUT2D eigenvalue weighted by molar-refractivity contribution is 0.0269. The molecule has 0 unspecified atom stereocenters. The molecule has 0 aromatic carbocycles. The highest BCUT2D eigenvalue weighted by molar-refractivity contribution is 4.50. The number of likely N-dealkylation sites (N-methyl/N-ethyl adjacent to an activating group) is 1. The zero-order chi connectivity index (χ0) is 19.1. The Bertz CT molecular complexity index is 230. The summed E-state index contributed by atoms with van der Waals surface area (Å²) in [7, 11) is 2.10. The van der Waals surface area contributed by atoms with E-state index in [2.05, 4.69) is 25.8 Å². The van der Waals surface area contributed by atoms with Crippen molar-refractivity contribution in [2.75, 3.05) is 73.0 Å². The summed E-state index contributed by atoms with van der Waals surface area (Å²) in [4.78, 5) is 2.23. The minimum absolute atomic E-state index is 0.688. The van der Waals surface area contributed by atoms with E-state index in [9.17, 15) is 0 Å². The van der Waals surface area contributed by atoms with Gasteiger partial charge in [0.15, 0.2) is 0 Å². The van der Waals surface area contributed by atoms with Crippen LogP contribution in [-0.4, -0.2) is 77.9 Å². The summed E-state index contributed by atoms with van der Waals surface area (Å²) >= 11 is 0. The first kappa shape index (κ1) is 25.8. The first-order valence-electron chi connectivity index (χ1n) is 10.8. The Hall–Kier alpha value is -0.200. The lowest BCUT2D eigenvalue weighted by atomic mass is 10.2. The Morgan fingerprint density at radius 1 is 0.462 bits per heavy atom. The average molecular weight is 376 g/mol. The molecule has 26 heavy (non-hydrogen) atoms. The summed E-state index contributed by atoms with van der Waals surface area (Å²) in [5, 5.41) is 0. The van der Waals surface area contributed by atoms with E-state index in [1.54, 1.807) is 0 Å². The van der Waals surface area contributed by atoms with Gasteiger partial charge in [-0.2, -0.15) is 0 Å². The van der Waals surface area contributed by atoms with E-state index < -0.39 is 0 Å². The third-order valence-corrected chi connectivity index (χ3v) is 4.26. The number of rotatable bonds is 22. The molecule has 0 aromatic rings. The highest BCUT2D eigenvalue weighted by Crippen LogP contribution is 1.99. The number of hydrogen-bond donors (Lipinski definition) is 0. The van der Waals surface area contributed by atoms with E-state index >= 15 is 0 Å². The van der Waals surface area contributed by atoms with Crippen molar-refractivity contribution >= 4 is 0 Å². The monoisotopic (exact) mass is 375 g/mol. The van der Waals surface area contributed by atoms with Crippen LogP contribution in [0.25, 0.3) is 0 Å². The van der Waals surface area contributed by atoms with E-state index in [1.165, 1.54) is 51.4 Å². The van der Waals surface area contributed by atoms with Crippen LogP contribution in [0.4, 0.5) is 0 Å². The van der Waals surface area contributed by atoms with Gasteiger partial charge in [0.1, 0.15) is 0 Å². The predicted molar refractivity (Wildman–Crippen MR) is 109 cm³/mol. The zero-order valence-corrected chi connectivity index (χ0v) is 17.8. The molecule has 158 valence electrons. The van der Waals surface area contributed by atoms with Gasteiger partial charge in [0, 0.05) is 26.3 Å². The summed E-state index contributed by atoms with van der Waals surface area (Å²) in [6.07, 6.45) is 10.0. The normalized spacial score (nSPS) is 11.5. The lowest BCUT2D eigenvalue weighted by Crippen LogP contribution is -2.27. The molecule has 0 atom stereocenters. The molecule has 0 heterocycles. The van der Waals surface area contributed by atoms with Crippen molar-refractivity contribution in [2.45, 2.75) is 65.2 Å². The maximum absolute atomic E-state index is 5.60. The predicted octanol–water partition coefficient (Wildman–Crippen LogP) is 4.15. The van der Waals surface area contributed by atoms with Crippen LogP contribution in [0.3, 0.4) is 0 Å². The molecule has 0 aromatic heterocycles. The Kier molecular flexibility index (Phi) is 22.7. The number of nitrogens with zero attached hydrogens (tertiary/aromatic N) is 1. The standard InChI is InChI=1S/C21H45NO4/c1-4-6-8-10-14-23-18-20-25-16-12-22(3)13-17-26-21-19-24-15-11-9-7-5-2/h4-21H2,1-3H3. The summed E-state index contributed by atoms with van der Waals surface area (Å²) in [6, 6.07) is 0. The summed E-state index contributed by atoms with van der Waals surface area (Å²) < 4.78 is 22.3. The van der Waals surface area contributed by atoms with E-state index in [0.717, 1.165) is 39.5 Å². The minimum Gasteiger partial charge on any atom is -0.379 e. The Balaban J connectivity index is 3.12. The zero-order valence-electron chi connectivity index (χ0n) is 17.8. The molecule has 0 N–H and O–H groups in total. The molecule has 0 saturated heterocycles. The topological polar surface area (TPSA) is 40.2 Å². The molecular weight excluding hydrogens is 330 g/mol. The van der Waals surface area contributed by atoms with Crippen LogP contribution in [0.2, 0.25) is 0 Å². The van der Waals surface area contributed by atoms with Gasteiger partial charge in [0.2, 0.25) is 0 Å². The number of hydrogen-bond acceptors (Lipinski definition) is 5. The first-order chi connectivity index (χ1) is 12.8. The lowest BCUT2D eigenvalue weighted by Gasteiger charge is -2.16. The van der Waals surface area contributed by atoms with Gasteiger partial charge in [-0.15, -0.1) is 0 Å². The molecule has 5 heteroatoms. The molecule has 0 saturated carbocycles. The van der Waals surface area contributed by atoms with Gasteiger partial charge in [-0.25, -0.2) is 0 Å². The van der Waals surface area contributed by atoms with Crippen molar-refractivity contribution in [3.05, 3.63) is 0 Å². The minimum atomic E-state index is 0.688. The molecule has 0 amide bonds. The van der Waals surface area contributed by atoms with E-state index in [1.807, 2.05) is 0 Å². The van der Waals surface area contributed by atoms with Crippen LogP contribution in [0, 0.1) is 0 Å². The van der Waals surface area contributed by atoms with Crippen molar-refractivity contribution in [3.63, 3.8) is 0 Å². The third-order valence-electron chi connectivity index (χ3n) is 4.26. The third kappa shape index (κ3) is 21.8. The molecule has 5 nitrogen and oxygen atoms in total. The highest BCUT2D eigenvalue weighted by Gasteiger charge is 1.99. The number of ether oxygens (including phenoxy) is 4. The van der Waals surface area contributed by atoms with Gasteiger partial charge in [-0.05, 0) is 19.9 Å². The van der Waals surface area contributed by atoms with Crippen molar-refractivity contribution in [1.82, 2.24) is 4.90 Å². The van der Waals surface area contributed by atoms with Crippen LogP contribution in [0.5, 0.6) is 0 Å². The smallest absolute Gasteiger partial charge is 0.0701 e. The number of unbranched alkanes of at least 4 members (excludes halogenated alkanes) is 6. The molecule has 0 radical (unpaired) electrons. The Morgan fingerprint density at radius 3 is 1.23 bits per heavy atom. The largest absolute Gasteiger partial charge is 0.379 e. The maximum atomic E-state index is 5.60. The Labute approximate surface area is 162 Å². The highest BCUT2D eigenvalue weighted by atomic mass is 16.5. The molecule has 0 aliphatic carbocycles. The fraction of sp³-hybridized carbons (Fsp3) is 1.00. The van der Waals surface area contributed by atoms with Gasteiger partial charge in [-0.1, -0.05) is 52.4 Å². The first-order valence-corrected chi connectivity index (χ1v) is 10.8. The summed E-state index contributed by atoms with van der Waals surface area (Å²) in [5.74, 6) is 0. The van der Waals surface area contributed by atoms with Crippen molar-refractivity contribution in [3.8, 4) is 0 Å². The maximum Gasteiger partial charge on any atom is 0.0701 e. The van der Waals surface area contributed by atoms with Crippen LogP contribution >= 0.6 is 0 Å². The van der Waals surface area contributed by atoms with Gasteiger partial charge >= 0.3 is 0 Å². The molecule has 0 fully saturated rings. The molecule has 0 rings (SSSR count). The molecule has 0 spiro atoms. The quantitative estimate of drug-likeness (QED) is 0.266. The van der Waals surface area contributed by atoms with E-state index in [4.69, 9.17) is 18.9 Å². The molecule has 0 aliphatic heterocycles. The van der Waals surface area contributed by atoms with Crippen molar-refractivity contribution < 1.29 is 18.9 Å². The van der Waals surface area contributed by atoms with Crippen LogP contribution in [-0.2, 0) is 18.9 Å². The molecule has 0 aliphatic rings. The van der Waals surface area contributed by atoms with Crippen LogP contribution in [0.1, 0.15) is 65.2 Å². The summed E-state index contributed by atoms with van der Waals surface area (Å²) in [5.41, 5.74) is 0. The second-order valence-corrected chi connectivity index (χ2v) is 6.87. The van der Waals surface area contributed by atoms with E-state index in [0.29, 0.717) is 26.4 Å². The van der Waals surface area contributed by atoms with Gasteiger partial charge in [-0.3, -0.25) is 0 Å². The fourth-order valence-electron chi connectivity index (χ4n) is 2.46. The van der Waals surface area contributed by atoms with E-state index in [-0.39, 0.29) is 0 Å². The summed E-state index contributed by atoms with van der Waals surface area (Å²) in [6.45, 7) is 12.3. The van der Waals surface area contributed by atoms with Gasteiger partial charge < -0.3 is 23.8 Å².